The van der Waals surface area contributed by atoms with Crippen molar-refractivity contribution < 1.29 is 9.50 Å². The van der Waals surface area contributed by atoms with Gasteiger partial charge < -0.3 is 5.11 Å². The van der Waals surface area contributed by atoms with E-state index in [1.165, 1.54) is 28.2 Å². The van der Waals surface area contributed by atoms with Crippen LogP contribution in [0.15, 0.2) is 65.2 Å². The average molecular weight is 422 g/mol. The highest BCUT2D eigenvalue weighted by molar-refractivity contribution is 7.97. The summed E-state index contributed by atoms with van der Waals surface area (Å²) in [5, 5.41) is 15.0. The maximum absolute atomic E-state index is 13.3. The van der Waals surface area contributed by atoms with Crippen molar-refractivity contribution in [3.63, 3.8) is 0 Å². The van der Waals surface area contributed by atoms with Crippen molar-refractivity contribution in [2.24, 2.45) is 5.41 Å². The summed E-state index contributed by atoms with van der Waals surface area (Å²) in [7, 11) is 0. The largest absolute Gasteiger partial charge is 0.395 e. The van der Waals surface area contributed by atoms with Crippen molar-refractivity contribution in [2.75, 3.05) is 19.7 Å². The number of halogens is 1. The first-order valence-corrected chi connectivity index (χ1v) is 11.0. The molecule has 1 aromatic heterocycles. The zero-order chi connectivity index (χ0) is 20.7. The fourth-order valence-corrected chi connectivity index (χ4v) is 5.70. The van der Waals surface area contributed by atoms with Gasteiger partial charge in [-0.1, -0.05) is 17.7 Å². The highest BCUT2D eigenvalue weighted by Crippen LogP contribution is 2.46. The van der Waals surface area contributed by atoms with Gasteiger partial charge in [0.1, 0.15) is 5.82 Å². The summed E-state index contributed by atoms with van der Waals surface area (Å²) in [6.45, 7) is 3.96. The second kappa shape index (κ2) is 7.69. The molecule has 4 nitrogen and oxygen atoms in total. The van der Waals surface area contributed by atoms with Gasteiger partial charge in [0.15, 0.2) is 0 Å². The topological polar surface area (TPSA) is 41.3 Å². The maximum Gasteiger partial charge on any atom is 0.123 e. The molecule has 1 aliphatic carbocycles. The molecule has 5 rings (SSSR count). The first-order valence-electron chi connectivity index (χ1n) is 10.2. The van der Waals surface area contributed by atoms with Crippen LogP contribution in [-0.4, -0.2) is 38.9 Å². The van der Waals surface area contributed by atoms with Gasteiger partial charge in [-0.05, 0) is 85.3 Å². The van der Waals surface area contributed by atoms with E-state index in [2.05, 4.69) is 46.7 Å². The van der Waals surface area contributed by atoms with Gasteiger partial charge in [-0.15, -0.1) is 0 Å². The number of aliphatic hydroxyl groups excluding tert-OH is 1. The standard InChI is InChI=1S/C24H24FN3OS/c1-17-3-2-4-22(11-17)30-27-10-9-19-12-23-18(13-24(19,15-27)16-29)14-26-28(23)21-7-5-20(25)6-8-21/h2-8,11-12,14,29H,9-10,13,15-16H2,1H3. The summed E-state index contributed by atoms with van der Waals surface area (Å²) in [5.41, 5.74) is 5.27. The van der Waals surface area contributed by atoms with E-state index in [4.69, 9.17) is 0 Å². The van der Waals surface area contributed by atoms with Gasteiger partial charge in [-0.2, -0.15) is 5.10 Å². The molecular formula is C24H24FN3OS. The minimum atomic E-state index is -0.279. The summed E-state index contributed by atoms with van der Waals surface area (Å²) in [4.78, 5) is 1.23. The van der Waals surface area contributed by atoms with E-state index in [0.29, 0.717) is 0 Å². The van der Waals surface area contributed by atoms with Crippen LogP contribution in [0.4, 0.5) is 4.39 Å². The van der Waals surface area contributed by atoms with E-state index in [-0.39, 0.29) is 17.8 Å². The van der Waals surface area contributed by atoms with Crippen LogP contribution in [0.25, 0.3) is 11.8 Å². The predicted octanol–water partition coefficient (Wildman–Crippen LogP) is 4.65. The molecule has 0 bridgehead atoms. The summed E-state index contributed by atoms with van der Waals surface area (Å²) in [6.07, 6.45) is 5.75. The number of benzene rings is 2. The van der Waals surface area contributed by atoms with Gasteiger partial charge >= 0.3 is 0 Å². The quantitative estimate of drug-likeness (QED) is 0.623. The highest BCUT2D eigenvalue weighted by atomic mass is 32.2. The molecule has 2 aromatic carbocycles. The second-order valence-corrected chi connectivity index (χ2v) is 9.42. The number of aryl methyl sites for hydroxylation is 1. The molecule has 1 aliphatic heterocycles. The lowest BCUT2D eigenvalue weighted by Gasteiger charge is -2.45. The predicted molar refractivity (Wildman–Crippen MR) is 118 cm³/mol. The van der Waals surface area contributed by atoms with E-state index < -0.39 is 0 Å². The molecular weight excluding hydrogens is 397 g/mol. The van der Waals surface area contributed by atoms with Crippen molar-refractivity contribution in [2.45, 2.75) is 24.7 Å². The zero-order valence-electron chi connectivity index (χ0n) is 16.9. The molecule has 1 fully saturated rings. The van der Waals surface area contributed by atoms with Gasteiger partial charge in [0, 0.05) is 23.4 Å². The molecule has 2 heterocycles. The summed E-state index contributed by atoms with van der Waals surface area (Å²) in [6, 6.07) is 14.9. The number of rotatable bonds is 4. The first kappa shape index (κ1) is 19.5. The SMILES string of the molecule is Cc1cccc(SN2CCC3=Cc4c(cnn4-c4ccc(F)cc4)CC3(CO)C2)c1. The summed E-state index contributed by atoms with van der Waals surface area (Å²) in [5.74, 6) is -0.254. The smallest absolute Gasteiger partial charge is 0.123 e. The molecule has 0 spiro atoms. The molecule has 2 aliphatic rings. The molecule has 154 valence electrons. The van der Waals surface area contributed by atoms with Gasteiger partial charge in [-0.3, -0.25) is 0 Å². The third-order valence-corrected chi connectivity index (χ3v) is 7.15. The Bertz CT molecular complexity index is 1110. The van der Waals surface area contributed by atoms with Crippen molar-refractivity contribution in [1.29, 1.82) is 0 Å². The van der Waals surface area contributed by atoms with Crippen molar-refractivity contribution in [3.8, 4) is 5.69 Å². The normalized spacial score (nSPS) is 21.1. The first-order chi connectivity index (χ1) is 14.6. The van der Waals surface area contributed by atoms with E-state index in [0.717, 1.165) is 42.9 Å². The highest BCUT2D eigenvalue weighted by Gasteiger charge is 2.43. The molecule has 3 aromatic rings. The number of aromatic nitrogens is 2. The summed E-state index contributed by atoms with van der Waals surface area (Å²) >= 11 is 1.77. The van der Waals surface area contributed by atoms with E-state index in [1.807, 2.05) is 10.9 Å². The summed E-state index contributed by atoms with van der Waals surface area (Å²) < 4.78 is 17.6. The Morgan fingerprint density at radius 3 is 2.80 bits per heavy atom. The van der Waals surface area contributed by atoms with Crippen LogP contribution >= 0.6 is 11.9 Å². The number of fused-ring (bicyclic) bond motifs is 2. The number of piperidine rings is 1. The Labute approximate surface area is 180 Å². The Hall–Kier alpha value is -2.41. The van der Waals surface area contributed by atoms with Gasteiger partial charge in [0.05, 0.1) is 24.2 Å². The average Bonchev–Trinajstić information content (AvgIpc) is 3.15. The molecule has 0 saturated carbocycles. The third kappa shape index (κ3) is 3.49. The van der Waals surface area contributed by atoms with Crippen LogP contribution in [0.3, 0.4) is 0 Å². The molecule has 30 heavy (non-hydrogen) atoms. The molecule has 1 saturated heterocycles. The van der Waals surface area contributed by atoms with Crippen LogP contribution < -0.4 is 0 Å². The Kier molecular flexibility index (Phi) is 5.01. The Morgan fingerprint density at radius 2 is 2.03 bits per heavy atom. The third-order valence-electron chi connectivity index (χ3n) is 6.11. The maximum atomic E-state index is 13.3. The molecule has 0 amide bonds. The molecule has 0 radical (unpaired) electrons. The number of nitrogens with zero attached hydrogens (tertiary/aromatic N) is 3. The minimum absolute atomic E-state index is 0.116. The van der Waals surface area contributed by atoms with Crippen LogP contribution in [0.1, 0.15) is 23.2 Å². The number of hydrogen-bond acceptors (Lipinski definition) is 4. The molecule has 1 atom stereocenters. The lowest BCUT2D eigenvalue weighted by molar-refractivity contribution is 0.115. The fourth-order valence-electron chi connectivity index (χ4n) is 4.53. The number of hydrogen-bond donors (Lipinski definition) is 1. The van der Waals surface area contributed by atoms with Crippen LogP contribution in [0, 0.1) is 18.2 Å². The van der Waals surface area contributed by atoms with Crippen LogP contribution in [-0.2, 0) is 6.42 Å². The Balaban J connectivity index is 1.43. The van der Waals surface area contributed by atoms with Gasteiger partial charge in [-0.25, -0.2) is 13.4 Å². The van der Waals surface area contributed by atoms with Crippen molar-refractivity contribution in [3.05, 3.63) is 82.9 Å². The molecule has 6 heteroatoms. The zero-order valence-corrected chi connectivity index (χ0v) is 17.7. The molecule has 1 unspecified atom stereocenters. The van der Waals surface area contributed by atoms with Crippen LogP contribution in [0.2, 0.25) is 0 Å². The van der Waals surface area contributed by atoms with E-state index in [9.17, 15) is 9.50 Å². The van der Waals surface area contributed by atoms with E-state index in [1.54, 1.807) is 24.1 Å². The lowest BCUT2D eigenvalue weighted by Crippen LogP contribution is -2.46. The van der Waals surface area contributed by atoms with Crippen molar-refractivity contribution >= 4 is 18.0 Å². The van der Waals surface area contributed by atoms with Crippen LogP contribution in [0.5, 0.6) is 0 Å². The van der Waals surface area contributed by atoms with Gasteiger partial charge in [0.2, 0.25) is 0 Å². The number of aliphatic hydroxyl groups is 1. The van der Waals surface area contributed by atoms with E-state index >= 15 is 0 Å². The van der Waals surface area contributed by atoms with Gasteiger partial charge in [0.25, 0.3) is 0 Å². The molecule has 1 N–H and O–H groups in total. The second-order valence-electron chi connectivity index (χ2n) is 8.25. The Morgan fingerprint density at radius 1 is 1.20 bits per heavy atom. The lowest BCUT2D eigenvalue weighted by atomic mass is 9.69. The fraction of sp³-hybridized carbons (Fsp3) is 0.292. The monoisotopic (exact) mass is 421 g/mol. The minimum Gasteiger partial charge on any atom is -0.395 e. The van der Waals surface area contributed by atoms with Crippen molar-refractivity contribution in [1.82, 2.24) is 14.1 Å².